The fourth-order valence-corrected chi connectivity index (χ4v) is 1.28. The molecule has 1 saturated heterocycles. The first-order valence-electron chi connectivity index (χ1n) is 4.07. The Bertz CT molecular complexity index is 148. The van der Waals surface area contributed by atoms with Crippen molar-refractivity contribution in [1.29, 1.82) is 0 Å². The largest absolute Gasteiger partial charge is 0.388 e. The second-order valence-electron chi connectivity index (χ2n) is 3.45. The van der Waals surface area contributed by atoms with Gasteiger partial charge in [0.15, 0.2) is 0 Å². The van der Waals surface area contributed by atoms with Crippen LogP contribution in [0.25, 0.3) is 0 Å². The predicted octanol–water partition coefficient (Wildman–Crippen LogP) is -0.714. The van der Waals surface area contributed by atoms with Gasteiger partial charge in [-0.1, -0.05) is 13.8 Å². The lowest BCUT2D eigenvalue weighted by Gasteiger charge is -2.36. The molecule has 0 bridgehead atoms. The number of rotatable bonds is 1. The van der Waals surface area contributed by atoms with Gasteiger partial charge in [-0.2, -0.15) is 0 Å². The standard InChI is InChI=1S/C8H15O4/c1-4(2)8-7(11)6(10)5(9)3-12-8/h3-11H,1-2H3/t5-,6+,7-,8-/m1/s1. The van der Waals surface area contributed by atoms with E-state index in [1.54, 1.807) is 0 Å². The van der Waals surface area contributed by atoms with E-state index in [9.17, 15) is 10.2 Å². The minimum Gasteiger partial charge on any atom is -0.388 e. The van der Waals surface area contributed by atoms with Gasteiger partial charge >= 0.3 is 0 Å². The van der Waals surface area contributed by atoms with Crippen molar-refractivity contribution in [2.75, 3.05) is 0 Å². The van der Waals surface area contributed by atoms with Gasteiger partial charge in [0.25, 0.3) is 0 Å². The van der Waals surface area contributed by atoms with Crippen LogP contribution in [0.4, 0.5) is 0 Å². The van der Waals surface area contributed by atoms with Crippen molar-refractivity contribution in [2.45, 2.75) is 38.3 Å². The minimum absolute atomic E-state index is 0.110. The minimum atomic E-state index is -1.13. The van der Waals surface area contributed by atoms with E-state index in [4.69, 9.17) is 9.84 Å². The zero-order valence-corrected chi connectivity index (χ0v) is 7.21. The summed E-state index contributed by atoms with van der Waals surface area (Å²) in [6.45, 7) is 4.93. The quantitative estimate of drug-likeness (QED) is 0.492. The van der Waals surface area contributed by atoms with Crippen LogP contribution in [0.1, 0.15) is 13.8 Å². The van der Waals surface area contributed by atoms with E-state index in [0.29, 0.717) is 0 Å². The topological polar surface area (TPSA) is 69.9 Å². The van der Waals surface area contributed by atoms with Gasteiger partial charge in [-0.15, -0.1) is 0 Å². The summed E-state index contributed by atoms with van der Waals surface area (Å²) in [7, 11) is 0. The molecule has 1 radical (unpaired) electrons. The second kappa shape index (κ2) is 3.70. The second-order valence-corrected chi connectivity index (χ2v) is 3.45. The highest BCUT2D eigenvalue weighted by molar-refractivity contribution is 4.92. The molecule has 0 spiro atoms. The summed E-state index contributed by atoms with van der Waals surface area (Å²) in [6.07, 6.45) is -3.66. The van der Waals surface area contributed by atoms with E-state index < -0.39 is 24.4 Å². The van der Waals surface area contributed by atoms with Gasteiger partial charge < -0.3 is 20.1 Å². The monoisotopic (exact) mass is 175 g/mol. The normalized spacial score (nSPS) is 43.5. The van der Waals surface area contributed by atoms with E-state index in [1.807, 2.05) is 13.8 Å². The molecule has 1 fully saturated rings. The molecule has 0 aliphatic carbocycles. The van der Waals surface area contributed by atoms with Gasteiger partial charge in [0.2, 0.25) is 0 Å². The third kappa shape index (κ3) is 1.77. The zero-order valence-electron chi connectivity index (χ0n) is 7.21. The molecule has 0 saturated carbocycles. The molecule has 4 heteroatoms. The van der Waals surface area contributed by atoms with E-state index in [-0.39, 0.29) is 5.92 Å². The molecule has 4 nitrogen and oxygen atoms in total. The lowest BCUT2D eigenvalue weighted by Crippen LogP contribution is -2.52. The maximum Gasteiger partial charge on any atom is 0.115 e. The third-order valence-corrected chi connectivity index (χ3v) is 2.07. The Hall–Kier alpha value is -0.160. The highest BCUT2D eigenvalue weighted by Gasteiger charge is 2.38. The van der Waals surface area contributed by atoms with Crippen LogP contribution in [-0.4, -0.2) is 39.7 Å². The number of hydrogen-bond donors (Lipinski definition) is 3. The molecule has 71 valence electrons. The molecule has 0 aromatic heterocycles. The van der Waals surface area contributed by atoms with Crippen LogP contribution in [0.15, 0.2) is 0 Å². The van der Waals surface area contributed by atoms with E-state index in [1.165, 1.54) is 6.61 Å². The molecule has 1 aliphatic rings. The molecule has 12 heavy (non-hydrogen) atoms. The van der Waals surface area contributed by atoms with Crippen LogP contribution >= 0.6 is 0 Å². The lowest BCUT2D eigenvalue weighted by molar-refractivity contribution is -0.171. The van der Waals surface area contributed by atoms with E-state index in [0.717, 1.165) is 0 Å². The number of hydrogen-bond acceptors (Lipinski definition) is 4. The van der Waals surface area contributed by atoms with Crippen molar-refractivity contribution >= 4 is 0 Å². The summed E-state index contributed by atoms with van der Waals surface area (Å²) in [5.74, 6) is 0.110. The van der Waals surface area contributed by atoms with Crippen molar-refractivity contribution in [2.24, 2.45) is 5.92 Å². The Kier molecular flexibility index (Phi) is 3.06. The molecule has 0 amide bonds. The van der Waals surface area contributed by atoms with Crippen LogP contribution in [-0.2, 0) is 4.74 Å². The molecule has 0 aromatic carbocycles. The summed E-state index contributed by atoms with van der Waals surface area (Å²) in [5, 5.41) is 27.7. The van der Waals surface area contributed by atoms with Crippen molar-refractivity contribution in [3.05, 3.63) is 6.61 Å². The molecular formula is C8H15O4. The first-order chi connectivity index (χ1) is 5.54. The Morgan fingerprint density at radius 1 is 1.17 bits per heavy atom. The van der Waals surface area contributed by atoms with Gasteiger partial charge in [0.1, 0.15) is 24.9 Å². The molecule has 4 atom stereocenters. The van der Waals surface area contributed by atoms with Crippen LogP contribution in [0.5, 0.6) is 0 Å². The average Bonchev–Trinajstić information content (AvgIpc) is 2.00. The average molecular weight is 175 g/mol. The third-order valence-electron chi connectivity index (χ3n) is 2.07. The van der Waals surface area contributed by atoms with Crippen LogP contribution in [0, 0.1) is 12.5 Å². The number of ether oxygens (including phenoxy) is 1. The Labute approximate surface area is 71.8 Å². The van der Waals surface area contributed by atoms with Crippen molar-refractivity contribution in [3.8, 4) is 0 Å². The molecule has 3 N–H and O–H groups in total. The highest BCUT2D eigenvalue weighted by Crippen LogP contribution is 2.23. The SMILES string of the molecule is CC(C)[C@H]1O[CH][C@@H](O)[C@H](O)[C@H]1O. The number of aliphatic hydroxyl groups excluding tert-OH is 3. The van der Waals surface area contributed by atoms with Crippen LogP contribution in [0.3, 0.4) is 0 Å². The van der Waals surface area contributed by atoms with Crippen molar-refractivity contribution in [3.63, 3.8) is 0 Å². The molecule has 0 aromatic rings. The van der Waals surface area contributed by atoms with Gasteiger partial charge in [-0.3, -0.25) is 0 Å². The molecule has 1 rings (SSSR count). The molecule has 1 heterocycles. The summed E-state index contributed by atoms with van der Waals surface area (Å²) in [5.41, 5.74) is 0. The summed E-state index contributed by atoms with van der Waals surface area (Å²) < 4.78 is 5.05. The van der Waals surface area contributed by atoms with Crippen molar-refractivity contribution in [1.82, 2.24) is 0 Å². The van der Waals surface area contributed by atoms with Gasteiger partial charge in [0.05, 0.1) is 6.10 Å². The Morgan fingerprint density at radius 2 is 1.75 bits per heavy atom. The van der Waals surface area contributed by atoms with Gasteiger partial charge in [-0.25, -0.2) is 0 Å². The zero-order chi connectivity index (χ0) is 9.30. The Morgan fingerprint density at radius 3 is 2.25 bits per heavy atom. The predicted molar refractivity (Wildman–Crippen MR) is 42.0 cm³/mol. The van der Waals surface area contributed by atoms with Crippen molar-refractivity contribution < 1.29 is 20.1 Å². The van der Waals surface area contributed by atoms with Crippen LogP contribution < -0.4 is 0 Å². The Balaban J connectivity index is 2.58. The summed E-state index contributed by atoms with van der Waals surface area (Å²) in [6, 6.07) is 0. The lowest BCUT2D eigenvalue weighted by atomic mass is 9.93. The smallest absolute Gasteiger partial charge is 0.115 e. The fraction of sp³-hybridized carbons (Fsp3) is 0.875. The first kappa shape index (κ1) is 9.92. The summed E-state index contributed by atoms with van der Waals surface area (Å²) >= 11 is 0. The van der Waals surface area contributed by atoms with Gasteiger partial charge in [0, 0.05) is 0 Å². The van der Waals surface area contributed by atoms with Gasteiger partial charge in [-0.05, 0) is 5.92 Å². The van der Waals surface area contributed by atoms with Crippen LogP contribution in [0.2, 0.25) is 0 Å². The highest BCUT2D eigenvalue weighted by atomic mass is 16.5. The molecule has 0 unspecified atom stereocenters. The maximum absolute atomic E-state index is 9.42. The fourth-order valence-electron chi connectivity index (χ4n) is 1.28. The van der Waals surface area contributed by atoms with E-state index >= 15 is 0 Å². The maximum atomic E-state index is 9.42. The number of aliphatic hydroxyl groups is 3. The van der Waals surface area contributed by atoms with E-state index in [2.05, 4.69) is 0 Å². The molecular weight excluding hydrogens is 160 g/mol. The first-order valence-corrected chi connectivity index (χ1v) is 4.07. The molecule has 1 aliphatic heterocycles. The summed E-state index contributed by atoms with van der Waals surface area (Å²) in [4.78, 5) is 0.